The molecule has 0 aliphatic carbocycles. The molecule has 0 amide bonds. The Morgan fingerprint density at radius 2 is 1.61 bits per heavy atom. The minimum atomic E-state index is -1.42. The summed E-state index contributed by atoms with van der Waals surface area (Å²) in [4.78, 5) is 31.7. The van der Waals surface area contributed by atoms with E-state index >= 15 is 0 Å². The molecule has 1 rings (SSSR count). The van der Waals surface area contributed by atoms with Gasteiger partial charge in [-0.15, -0.1) is 0 Å². The minimum Gasteiger partial charge on any atom is -0.478 e. The van der Waals surface area contributed by atoms with E-state index in [0.29, 0.717) is 6.08 Å². The predicted molar refractivity (Wildman–Crippen MR) is 57.8 cm³/mol. The summed E-state index contributed by atoms with van der Waals surface area (Å²) in [7, 11) is 0. The van der Waals surface area contributed by atoms with Gasteiger partial charge in [0.1, 0.15) is 5.75 Å². The molecule has 0 heterocycles. The van der Waals surface area contributed by atoms with E-state index < -0.39 is 23.5 Å². The highest BCUT2D eigenvalue weighted by Gasteiger charge is 2.16. The summed E-state index contributed by atoms with van der Waals surface area (Å²) < 4.78 is 4.82. The van der Waals surface area contributed by atoms with Crippen LogP contribution in [0.1, 0.15) is 20.7 Å². The maximum absolute atomic E-state index is 10.8. The van der Waals surface area contributed by atoms with Crippen molar-refractivity contribution in [3.63, 3.8) is 0 Å². The molecule has 0 spiro atoms. The van der Waals surface area contributed by atoms with Crippen LogP contribution in [-0.4, -0.2) is 33.2 Å². The van der Waals surface area contributed by atoms with Gasteiger partial charge in [-0.1, -0.05) is 0 Å². The number of carboxylic acids is 3. The number of hydrogen-bond donors (Lipinski definition) is 3. The van der Waals surface area contributed by atoms with Crippen molar-refractivity contribution in [2.45, 2.75) is 0 Å². The van der Waals surface area contributed by atoms with Gasteiger partial charge in [0.05, 0.1) is 23.5 Å². The second-order valence-electron chi connectivity index (χ2n) is 3.08. The van der Waals surface area contributed by atoms with Crippen molar-refractivity contribution in [1.29, 1.82) is 0 Å². The van der Waals surface area contributed by atoms with Gasteiger partial charge < -0.3 is 20.1 Å². The zero-order chi connectivity index (χ0) is 13.7. The Hall–Kier alpha value is -2.83. The highest BCUT2D eigenvalue weighted by molar-refractivity contribution is 6.02. The molecular formula is C11H8O7. The number of benzene rings is 1. The van der Waals surface area contributed by atoms with E-state index in [2.05, 4.69) is 0 Å². The monoisotopic (exact) mass is 252 g/mol. The Bertz CT molecular complexity index is 530. The van der Waals surface area contributed by atoms with Crippen LogP contribution in [0.5, 0.6) is 5.75 Å². The molecule has 0 aliphatic heterocycles. The van der Waals surface area contributed by atoms with Crippen molar-refractivity contribution in [1.82, 2.24) is 0 Å². The lowest BCUT2D eigenvalue weighted by Crippen LogP contribution is -2.07. The number of carbonyl (C=O) groups is 3. The number of hydrogen-bond acceptors (Lipinski definition) is 4. The first-order valence-corrected chi connectivity index (χ1v) is 4.58. The fourth-order valence-corrected chi connectivity index (χ4v) is 1.13. The van der Waals surface area contributed by atoms with E-state index in [9.17, 15) is 14.4 Å². The van der Waals surface area contributed by atoms with Crippen LogP contribution in [0, 0.1) is 0 Å². The van der Waals surface area contributed by atoms with Crippen LogP contribution in [0.15, 0.2) is 30.5 Å². The van der Waals surface area contributed by atoms with Crippen molar-refractivity contribution in [3.8, 4) is 5.75 Å². The zero-order valence-electron chi connectivity index (χ0n) is 8.86. The van der Waals surface area contributed by atoms with Gasteiger partial charge in [0, 0.05) is 0 Å². The summed E-state index contributed by atoms with van der Waals surface area (Å²) in [5.74, 6) is -3.99. The molecule has 0 aromatic heterocycles. The highest BCUT2D eigenvalue weighted by Crippen LogP contribution is 2.18. The second-order valence-corrected chi connectivity index (χ2v) is 3.08. The third-order valence-electron chi connectivity index (χ3n) is 1.87. The molecule has 0 saturated heterocycles. The molecular weight excluding hydrogens is 244 g/mol. The second kappa shape index (κ2) is 5.48. The number of aliphatic carboxylic acids is 1. The summed E-state index contributed by atoms with van der Waals surface area (Å²) in [5.41, 5.74) is -0.819. The Kier molecular flexibility index (Phi) is 4.03. The van der Waals surface area contributed by atoms with Crippen molar-refractivity contribution >= 4 is 17.9 Å². The first-order valence-electron chi connectivity index (χ1n) is 4.58. The third-order valence-corrected chi connectivity index (χ3v) is 1.87. The molecule has 18 heavy (non-hydrogen) atoms. The van der Waals surface area contributed by atoms with Gasteiger partial charge in [0.2, 0.25) is 0 Å². The SMILES string of the molecule is O=C(O)C=COc1ccc(C(=O)O)c(C(=O)O)c1. The molecule has 0 saturated carbocycles. The van der Waals surface area contributed by atoms with E-state index in [0.717, 1.165) is 18.4 Å². The summed E-state index contributed by atoms with van der Waals surface area (Å²) in [5, 5.41) is 25.9. The predicted octanol–water partition coefficient (Wildman–Crippen LogP) is 1.06. The number of carboxylic acid groups (broad SMARTS) is 3. The number of aromatic carboxylic acids is 2. The average Bonchev–Trinajstić information content (AvgIpc) is 2.28. The molecule has 7 heteroatoms. The highest BCUT2D eigenvalue weighted by atomic mass is 16.5. The fraction of sp³-hybridized carbons (Fsp3) is 0. The van der Waals surface area contributed by atoms with E-state index in [1.165, 1.54) is 6.07 Å². The smallest absolute Gasteiger partial charge is 0.336 e. The van der Waals surface area contributed by atoms with Crippen molar-refractivity contribution in [2.75, 3.05) is 0 Å². The molecule has 3 N–H and O–H groups in total. The molecule has 0 bridgehead atoms. The standard InChI is InChI=1S/C11H8O7/c12-9(13)3-4-18-6-1-2-7(10(14)15)8(5-6)11(16)17/h1-5H,(H,12,13)(H,14,15)(H,16,17). The maximum atomic E-state index is 10.8. The summed E-state index contributed by atoms with van der Waals surface area (Å²) >= 11 is 0. The van der Waals surface area contributed by atoms with Crippen LogP contribution in [-0.2, 0) is 4.79 Å². The number of rotatable bonds is 5. The van der Waals surface area contributed by atoms with Gasteiger partial charge >= 0.3 is 17.9 Å². The topological polar surface area (TPSA) is 121 Å². The van der Waals surface area contributed by atoms with E-state index in [-0.39, 0.29) is 11.3 Å². The fourth-order valence-electron chi connectivity index (χ4n) is 1.13. The normalized spacial score (nSPS) is 10.2. The van der Waals surface area contributed by atoms with Gasteiger partial charge in [-0.2, -0.15) is 0 Å². The van der Waals surface area contributed by atoms with Crippen LogP contribution in [0.2, 0.25) is 0 Å². The van der Waals surface area contributed by atoms with Gasteiger partial charge in [0.25, 0.3) is 0 Å². The first-order chi connectivity index (χ1) is 8.41. The largest absolute Gasteiger partial charge is 0.478 e. The van der Waals surface area contributed by atoms with Gasteiger partial charge in [-0.3, -0.25) is 0 Å². The zero-order valence-corrected chi connectivity index (χ0v) is 8.86. The van der Waals surface area contributed by atoms with Crippen molar-refractivity contribution in [3.05, 3.63) is 41.7 Å². The third kappa shape index (κ3) is 3.34. The molecule has 1 aromatic rings. The Labute approximate surface area is 101 Å². The molecule has 1 aromatic carbocycles. The van der Waals surface area contributed by atoms with E-state index in [4.69, 9.17) is 20.1 Å². The Morgan fingerprint density at radius 3 is 2.11 bits per heavy atom. The molecule has 0 aliphatic rings. The molecule has 0 radical (unpaired) electrons. The van der Waals surface area contributed by atoms with Crippen molar-refractivity contribution < 1.29 is 34.4 Å². The molecule has 0 fully saturated rings. The lowest BCUT2D eigenvalue weighted by molar-refractivity contribution is -0.131. The van der Waals surface area contributed by atoms with Gasteiger partial charge in [-0.25, -0.2) is 14.4 Å². The van der Waals surface area contributed by atoms with E-state index in [1.54, 1.807) is 0 Å². The maximum Gasteiger partial charge on any atom is 0.336 e. The molecule has 0 atom stereocenters. The van der Waals surface area contributed by atoms with Gasteiger partial charge in [0.15, 0.2) is 0 Å². The lowest BCUT2D eigenvalue weighted by Gasteiger charge is -2.04. The quantitative estimate of drug-likeness (QED) is 0.529. The number of ether oxygens (including phenoxy) is 1. The molecule has 0 unspecified atom stereocenters. The Balaban J connectivity index is 3.04. The average molecular weight is 252 g/mol. The summed E-state index contributed by atoms with van der Waals surface area (Å²) in [6.07, 6.45) is 1.56. The van der Waals surface area contributed by atoms with Crippen LogP contribution < -0.4 is 4.74 Å². The van der Waals surface area contributed by atoms with Crippen LogP contribution in [0.3, 0.4) is 0 Å². The minimum absolute atomic E-state index is 0.0231. The Morgan fingerprint density at radius 1 is 1.00 bits per heavy atom. The lowest BCUT2D eigenvalue weighted by atomic mass is 10.1. The first kappa shape index (κ1) is 13.2. The molecule has 94 valence electrons. The van der Waals surface area contributed by atoms with E-state index in [1.807, 2.05) is 0 Å². The van der Waals surface area contributed by atoms with Crippen LogP contribution in [0.4, 0.5) is 0 Å². The van der Waals surface area contributed by atoms with Crippen LogP contribution >= 0.6 is 0 Å². The van der Waals surface area contributed by atoms with Crippen LogP contribution in [0.25, 0.3) is 0 Å². The summed E-state index contributed by atoms with van der Waals surface area (Å²) in [6.45, 7) is 0. The van der Waals surface area contributed by atoms with Crippen molar-refractivity contribution in [2.24, 2.45) is 0 Å². The molecule has 7 nitrogen and oxygen atoms in total. The van der Waals surface area contributed by atoms with Gasteiger partial charge in [-0.05, 0) is 18.2 Å². The summed E-state index contributed by atoms with van der Waals surface area (Å²) in [6, 6.07) is 3.29.